The molecule has 0 spiro atoms. The van der Waals surface area contributed by atoms with E-state index < -0.39 is 52.1 Å². The molecule has 1 aromatic heterocycles. The summed E-state index contributed by atoms with van der Waals surface area (Å²) in [4.78, 5) is 30.6. The van der Waals surface area contributed by atoms with Crippen molar-refractivity contribution in [2.75, 3.05) is 0 Å². The molecule has 6 nitrogen and oxygen atoms in total. The number of amides is 1. The largest absolute Gasteiger partial charge is 0.417 e. The number of ether oxygens (including phenoxy) is 1. The van der Waals surface area contributed by atoms with Gasteiger partial charge in [-0.25, -0.2) is 13.8 Å². The number of halogens is 6. The molecule has 0 saturated heterocycles. The molecule has 4 rings (SSSR count). The minimum atomic E-state index is -4.91. The quantitative estimate of drug-likeness (QED) is 0.356. The van der Waals surface area contributed by atoms with E-state index in [0.717, 1.165) is 12.1 Å². The first-order valence-corrected chi connectivity index (χ1v) is 12.2. The SMILES string of the molecule is CCc1cc(=O)[nH]c(-c2c(C(F)(F)F)ccc(CNC(=O)[C@H]3C[C@H](OCc4ccc(Cl)cc4F)C3)c2F)n1. The van der Waals surface area contributed by atoms with Crippen LogP contribution in [0.5, 0.6) is 0 Å². The molecule has 2 N–H and O–H groups in total. The van der Waals surface area contributed by atoms with Gasteiger partial charge in [0.25, 0.3) is 5.56 Å². The minimum absolute atomic E-state index is 0.0108. The summed E-state index contributed by atoms with van der Waals surface area (Å²) in [5.41, 5.74) is -2.55. The topological polar surface area (TPSA) is 84.1 Å². The van der Waals surface area contributed by atoms with E-state index in [-0.39, 0.29) is 42.0 Å². The van der Waals surface area contributed by atoms with E-state index in [1.165, 1.54) is 12.1 Å². The lowest BCUT2D eigenvalue weighted by Gasteiger charge is -2.34. The van der Waals surface area contributed by atoms with Gasteiger partial charge in [0.1, 0.15) is 17.5 Å². The fourth-order valence-electron chi connectivity index (χ4n) is 4.12. The van der Waals surface area contributed by atoms with E-state index in [1.807, 2.05) is 0 Å². The van der Waals surface area contributed by atoms with Crippen molar-refractivity contribution in [2.24, 2.45) is 5.92 Å². The van der Waals surface area contributed by atoms with Gasteiger partial charge >= 0.3 is 6.18 Å². The highest BCUT2D eigenvalue weighted by molar-refractivity contribution is 6.30. The van der Waals surface area contributed by atoms with Crippen LogP contribution in [0.25, 0.3) is 11.4 Å². The molecule has 38 heavy (non-hydrogen) atoms. The second-order valence-electron chi connectivity index (χ2n) is 8.95. The molecule has 0 bridgehead atoms. The van der Waals surface area contributed by atoms with Crippen LogP contribution in [0.15, 0.2) is 41.2 Å². The van der Waals surface area contributed by atoms with Crippen LogP contribution in [-0.2, 0) is 35.3 Å². The number of hydrogen-bond donors (Lipinski definition) is 2. The average Bonchev–Trinajstić information content (AvgIpc) is 2.82. The molecule has 1 saturated carbocycles. The molecule has 1 fully saturated rings. The number of hydrogen-bond acceptors (Lipinski definition) is 4. The first-order valence-electron chi connectivity index (χ1n) is 11.8. The Balaban J connectivity index is 1.42. The second kappa shape index (κ2) is 11.2. The number of aryl methyl sites for hydroxylation is 1. The third-order valence-electron chi connectivity index (χ3n) is 6.33. The number of H-pyrrole nitrogens is 1. The molecule has 202 valence electrons. The Hall–Kier alpha value is -3.31. The van der Waals surface area contributed by atoms with Crippen LogP contribution in [0, 0.1) is 17.6 Å². The first-order chi connectivity index (χ1) is 18.0. The Bertz CT molecular complexity index is 1400. The lowest BCUT2D eigenvalue weighted by molar-refractivity contribution is -0.137. The van der Waals surface area contributed by atoms with Crippen LogP contribution in [-0.4, -0.2) is 22.0 Å². The molecular formula is C26H23ClF5N3O3. The fraction of sp³-hybridized carbons (Fsp3) is 0.346. The Morgan fingerprint density at radius 3 is 2.53 bits per heavy atom. The smallest absolute Gasteiger partial charge is 0.373 e. The van der Waals surface area contributed by atoms with Crippen molar-refractivity contribution < 1.29 is 31.5 Å². The second-order valence-corrected chi connectivity index (χ2v) is 9.39. The minimum Gasteiger partial charge on any atom is -0.373 e. The van der Waals surface area contributed by atoms with Crippen LogP contribution in [0.1, 0.15) is 42.1 Å². The molecule has 1 aliphatic rings. The molecule has 12 heteroatoms. The highest BCUT2D eigenvalue weighted by Gasteiger charge is 2.38. The number of nitrogens with zero attached hydrogens (tertiary/aromatic N) is 1. The Labute approximate surface area is 219 Å². The third-order valence-corrected chi connectivity index (χ3v) is 6.56. The van der Waals surface area contributed by atoms with Crippen LogP contribution in [0.3, 0.4) is 0 Å². The number of nitrogens with one attached hydrogen (secondary N) is 2. The van der Waals surface area contributed by atoms with E-state index in [1.54, 1.807) is 13.0 Å². The highest BCUT2D eigenvalue weighted by Crippen LogP contribution is 2.38. The van der Waals surface area contributed by atoms with Crippen molar-refractivity contribution in [1.82, 2.24) is 15.3 Å². The molecule has 0 atom stereocenters. The molecular weight excluding hydrogens is 533 g/mol. The van der Waals surface area contributed by atoms with Gasteiger partial charge < -0.3 is 15.0 Å². The Morgan fingerprint density at radius 1 is 1.16 bits per heavy atom. The summed E-state index contributed by atoms with van der Waals surface area (Å²) in [5.74, 6) is -3.13. The number of aromatic amines is 1. The average molecular weight is 556 g/mol. The van der Waals surface area contributed by atoms with Crippen molar-refractivity contribution in [1.29, 1.82) is 0 Å². The van der Waals surface area contributed by atoms with Crippen molar-refractivity contribution in [3.63, 3.8) is 0 Å². The van der Waals surface area contributed by atoms with Crippen LogP contribution in [0.2, 0.25) is 5.02 Å². The standard InChI is InChI=1S/C26H23ClF5N3O3/c1-2-17-10-21(36)35-24(34-17)22-19(26(30,31)32)6-4-13(23(22)29)11-33-25(37)15-7-18(8-15)38-12-14-3-5-16(27)9-20(14)28/h3-6,9-10,15,18H,2,7-8,11-12H2,1H3,(H,33,37)(H,34,35,36)/t15-,18-. The van der Waals surface area contributed by atoms with E-state index in [2.05, 4.69) is 15.3 Å². The maximum Gasteiger partial charge on any atom is 0.417 e. The van der Waals surface area contributed by atoms with Crippen molar-refractivity contribution in [3.8, 4) is 11.4 Å². The zero-order valence-corrected chi connectivity index (χ0v) is 20.9. The van der Waals surface area contributed by atoms with Gasteiger partial charge in [-0.2, -0.15) is 13.2 Å². The molecule has 0 radical (unpaired) electrons. The van der Waals surface area contributed by atoms with Gasteiger partial charge in [0.05, 0.1) is 23.8 Å². The van der Waals surface area contributed by atoms with Gasteiger partial charge in [0, 0.05) is 40.4 Å². The molecule has 0 unspecified atom stereocenters. The van der Waals surface area contributed by atoms with Crippen LogP contribution >= 0.6 is 11.6 Å². The zero-order chi connectivity index (χ0) is 27.6. The molecule has 0 aliphatic heterocycles. The molecule has 3 aromatic rings. The maximum atomic E-state index is 15.4. The third kappa shape index (κ3) is 6.21. The number of carbonyl (C=O) groups excluding carboxylic acids is 1. The van der Waals surface area contributed by atoms with Crippen molar-refractivity contribution in [3.05, 3.63) is 85.8 Å². The van der Waals surface area contributed by atoms with Gasteiger partial charge in [-0.15, -0.1) is 0 Å². The summed E-state index contributed by atoms with van der Waals surface area (Å²) >= 11 is 5.73. The first kappa shape index (κ1) is 27.7. The van der Waals surface area contributed by atoms with Crippen LogP contribution < -0.4 is 10.9 Å². The summed E-state index contributed by atoms with van der Waals surface area (Å²) in [6, 6.07) is 6.99. The van der Waals surface area contributed by atoms with Gasteiger partial charge in [0.15, 0.2) is 0 Å². The summed E-state index contributed by atoms with van der Waals surface area (Å²) in [6.45, 7) is 1.30. The van der Waals surface area contributed by atoms with Crippen molar-refractivity contribution in [2.45, 2.75) is 51.6 Å². The number of carbonyl (C=O) groups is 1. The molecule has 1 heterocycles. The lowest BCUT2D eigenvalue weighted by Crippen LogP contribution is -2.42. The van der Waals surface area contributed by atoms with E-state index >= 15 is 4.39 Å². The molecule has 1 aliphatic carbocycles. The number of benzene rings is 2. The van der Waals surface area contributed by atoms with E-state index in [0.29, 0.717) is 24.5 Å². The Kier molecular flexibility index (Phi) is 8.17. The molecule has 2 aromatic carbocycles. The van der Waals surface area contributed by atoms with Gasteiger partial charge in [-0.3, -0.25) is 9.59 Å². The summed E-state index contributed by atoms with van der Waals surface area (Å²) < 4.78 is 75.8. The highest BCUT2D eigenvalue weighted by atomic mass is 35.5. The maximum absolute atomic E-state index is 15.4. The number of aromatic nitrogens is 2. The number of alkyl halides is 3. The monoisotopic (exact) mass is 555 g/mol. The predicted molar refractivity (Wildman–Crippen MR) is 129 cm³/mol. The van der Waals surface area contributed by atoms with E-state index in [4.69, 9.17) is 16.3 Å². The molecule has 1 amide bonds. The zero-order valence-electron chi connectivity index (χ0n) is 20.1. The van der Waals surface area contributed by atoms with Crippen molar-refractivity contribution >= 4 is 17.5 Å². The normalized spacial score (nSPS) is 17.2. The van der Waals surface area contributed by atoms with Crippen LogP contribution in [0.4, 0.5) is 22.0 Å². The van der Waals surface area contributed by atoms with Gasteiger partial charge in [-0.1, -0.05) is 30.7 Å². The summed E-state index contributed by atoms with van der Waals surface area (Å²) in [7, 11) is 0. The van der Waals surface area contributed by atoms with Gasteiger partial charge in [0.2, 0.25) is 5.91 Å². The summed E-state index contributed by atoms with van der Waals surface area (Å²) in [6.07, 6.45) is -4.21. The summed E-state index contributed by atoms with van der Waals surface area (Å²) in [5, 5.41) is 2.81. The van der Waals surface area contributed by atoms with E-state index in [9.17, 15) is 27.2 Å². The Morgan fingerprint density at radius 2 is 1.87 bits per heavy atom. The number of rotatable bonds is 8. The lowest BCUT2D eigenvalue weighted by atomic mass is 9.81. The van der Waals surface area contributed by atoms with Gasteiger partial charge in [-0.05, 0) is 37.5 Å². The fourth-order valence-corrected chi connectivity index (χ4v) is 4.28. The predicted octanol–water partition coefficient (Wildman–Crippen LogP) is 5.56.